The van der Waals surface area contributed by atoms with Crippen LogP contribution in [0, 0.1) is 5.92 Å². The van der Waals surface area contributed by atoms with Gasteiger partial charge in [-0.15, -0.1) is 0 Å². The number of aromatic amines is 1. The number of rotatable bonds is 10. The predicted molar refractivity (Wildman–Crippen MR) is 92.7 cm³/mol. The molecule has 0 amide bonds. The van der Waals surface area contributed by atoms with E-state index in [1.54, 1.807) is 0 Å². The van der Waals surface area contributed by atoms with Crippen molar-refractivity contribution < 1.29 is 4.57 Å². The zero-order valence-corrected chi connectivity index (χ0v) is 14.2. The lowest BCUT2D eigenvalue weighted by molar-refractivity contribution is -0.729. The van der Waals surface area contributed by atoms with Gasteiger partial charge in [0.25, 0.3) is 0 Å². The van der Waals surface area contributed by atoms with E-state index in [0.29, 0.717) is 12.0 Å². The Hall–Kier alpha value is -1.57. The smallest absolute Gasteiger partial charge is 0.241 e. The lowest BCUT2D eigenvalue weighted by atomic mass is 9.90. The van der Waals surface area contributed by atoms with Crippen molar-refractivity contribution in [2.24, 2.45) is 5.92 Å². The lowest BCUT2D eigenvalue weighted by Gasteiger charge is -2.21. The van der Waals surface area contributed by atoms with Crippen molar-refractivity contribution >= 4 is 0 Å². The van der Waals surface area contributed by atoms with Gasteiger partial charge in [0.1, 0.15) is 18.4 Å². The van der Waals surface area contributed by atoms with Crippen molar-refractivity contribution in [3.63, 3.8) is 0 Å². The zero-order valence-electron chi connectivity index (χ0n) is 14.2. The number of hydrogen-bond acceptors (Lipinski definition) is 0. The van der Waals surface area contributed by atoms with Crippen molar-refractivity contribution in [2.75, 3.05) is 0 Å². The van der Waals surface area contributed by atoms with Crippen LogP contribution in [0.25, 0.3) is 0 Å². The van der Waals surface area contributed by atoms with Gasteiger partial charge in [0.2, 0.25) is 6.33 Å². The highest BCUT2D eigenvalue weighted by molar-refractivity contribution is 5.15. The van der Waals surface area contributed by atoms with E-state index in [4.69, 9.17) is 0 Å². The van der Waals surface area contributed by atoms with E-state index in [9.17, 15) is 0 Å². The maximum atomic E-state index is 3.20. The zero-order chi connectivity index (χ0) is 15.6. The maximum Gasteiger partial charge on any atom is 0.241 e. The van der Waals surface area contributed by atoms with Crippen LogP contribution in [-0.4, -0.2) is 4.98 Å². The Morgan fingerprint density at radius 2 is 1.82 bits per heavy atom. The third kappa shape index (κ3) is 5.32. The van der Waals surface area contributed by atoms with E-state index in [1.165, 1.54) is 44.1 Å². The molecule has 0 saturated carbocycles. The third-order valence-electron chi connectivity index (χ3n) is 4.61. The number of hydrogen-bond donors (Lipinski definition) is 1. The number of H-pyrrole nitrogens is 1. The van der Waals surface area contributed by atoms with Crippen LogP contribution < -0.4 is 4.57 Å². The number of imidazole rings is 1. The summed E-state index contributed by atoms with van der Waals surface area (Å²) in [7, 11) is 0. The molecule has 0 fully saturated rings. The molecule has 0 spiro atoms. The highest BCUT2D eigenvalue weighted by Gasteiger charge is 2.22. The van der Waals surface area contributed by atoms with Gasteiger partial charge in [-0.1, -0.05) is 69.9 Å². The molecule has 2 heteroatoms. The summed E-state index contributed by atoms with van der Waals surface area (Å²) in [6.07, 6.45) is 15.5. The molecule has 0 aliphatic carbocycles. The van der Waals surface area contributed by atoms with Crippen molar-refractivity contribution in [3.05, 3.63) is 54.6 Å². The van der Waals surface area contributed by atoms with Gasteiger partial charge in [-0.05, 0) is 24.8 Å². The molecule has 2 atom stereocenters. The molecule has 2 unspecified atom stereocenters. The Kier molecular flexibility index (Phi) is 7.21. The average Bonchev–Trinajstić information content (AvgIpc) is 3.05. The van der Waals surface area contributed by atoms with E-state index >= 15 is 0 Å². The largest absolute Gasteiger partial charge is 0.250 e. The second-order valence-electron chi connectivity index (χ2n) is 6.50. The van der Waals surface area contributed by atoms with Crippen LogP contribution >= 0.6 is 0 Å². The summed E-state index contributed by atoms with van der Waals surface area (Å²) >= 11 is 0. The minimum absolute atomic E-state index is 0.591. The Balaban J connectivity index is 1.92. The average molecular weight is 299 g/mol. The Morgan fingerprint density at radius 3 is 2.50 bits per heavy atom. The van der Waals surface area contributed by atoms with Gasteiger partial charge in [-0.25, -0.2) is 4.57 Å². The molecular weight excluding hydrogens is 268 g/mol. The molecule has 120 valence electrons. The van der Waals surface area contributed by atoms with Crippen molar-refractivity contribution in [2.45, 2.75) is 64.8 Å². The molecule has 0 aliphatic heterocycles. The second-order valence-corrected chi connectivity index (χ2v) is 6.50. The summed E-state index contributed by atoms with van der Waals surface area (Å²) in [6, 6.07) is 11.5. The van der Waals surface area contributed by atoms with Crippen LogP contribution in [0.15, 0.2) is 49.1 Å². The quantitative estimate of drug-likeness (QED) is 0.466. The van der Waals surface area contributed by atoms with Crippen LogP contribution in [0.1, 0.15) is 64.0 Å². The first-order chi connectivity index (χ1) is 10.8. The first-order valence-corrected chi connectivity index (χ1v) is 8.88. The van der Waals surface area contributed by atoms with E-state index in [2.05, 4.69) is 66.3 Å². The standard InChI is InChI=1S/C20H30N2/c1-3-4-5-6-10-13-20(22-15-14-21-17-22)18(2)16-19-11-8-7-9-12-19/h7-9,11-12,14-15,17-18,20H,3-6,10,13,16H2,1-2H3/p+1. The fourth-order valence-electron chi connectivity index (χ4n) is 3.31. The fourth-order valence-corrected chi connectivity index (χ4v) is 3.31. The summed E-state index contributed by atoms with van der Waals surface area (Å²) in [5.74, 6) is 0.648. The number of aromatic nitrogens is 2. The predicted octanol–water partition coefficient (Wildman–Crippen LogP) is 5.08. The molecule has 2 aromatic rings. The molecule has 1 heterocycles. The summed E-state index contributed by atoms with van der Waals surface area (Å²) in [5.41, 5.74) is 1.45. The Labute approximate surface area is 135 Å². The van der Waals surface area contributed by atoms with Gasteiger partial charge < -0.3 is 0 Å². The monoisotopic (exact) mass is 299 g/mol. The topological polar surface area (TPSA) is 19.7 Å². The van der Waals surface area contributed by atoms with E-state index in [1.807, 2.05) is 6.20 Å². The van der Waals surface area contributed by atoms with E-state index < -0.39 is 0 Å². The van der Waals surface area contributed by atoms with Crippen LogP contribution in [0.4, 0.5) is 0 Å². The minimum Gasteiger partial charge on any atom is -0.250 e. The van der Waals surface area contributed by atoms with Gasteiger partial charge in [0.05, 0.1) is 0 Å². The number of unbranched alkanes of at least 4 members (excludes halogenated alkanes) is 4. The first-order valence-electron chi connectivity index (χ1n) is 8.88. The molecular formula is C20H31N2+. The first kappa shape index (κ1) is 16.8. The maximum absolute atomic E-state index is 3.20. The molecule has 1 aromatic carbocycles. The summed E-state index contributed by atoms with van der Waals surface area (Å²) < 4.78 is 2.37. The minimum atomic E-state index is 0.591. The molecule has 2 nitrogen and oxygen atoms in total. The van der Waals surface area contributed by atoms with Crippen molar-refractivity contribution in [1.29, 1.82) is 0 Å². The molecule has 0 radical (unpaired) electrons. The number of nitrogens with zero attached hydrogens (tertiary/aromatic N) is 1. The molecule has 2 rings (SSSR count). The molecule has 1 N–H and O–H groups in total. The Bertz CT molecular complexity index is 490. The van der Waals surface area contributed by atoms with E-state index in [-0.39, 0.29) is 0 Å². The highest BCUT2D eigenvalue weighted by Crippen LogP contribution is 2.23. The lowest BCUT2D eigenvalue weighted by Crippen LogP contribution is -2.41. The molecule has 0 bridgehead atoms. The molecule has 0 aliphatic rings. The van der Waals surface area contributed by atoms with Crippen molar-refractivity contribution in [1.82, 2.24) is 4.98 Å². The Morgan fingerprint density at radius 1 is 1.05 bits per heavy atom. The van der Waals surface area contributed by atoms with Crippen LogP contribution in [-0.2, 0) is 6.42 Å². The van der Waals surface area contributed by atoms with Gasteiger partial charge in [0.15, 0.2) is 0 Å². The van der Waals surface area contributed by atoms with Gasteiger partial charge in [0, 0.05) is 5.92 Å². The summed E-state index contributed by atoms with van der Waals surface area (Å²) in [6.45, 7) is 4.67. The summed E-state index contributed by atoms with van der Waals surface area (Å²) in [4.78, 5) is 3.20. The number of nitrogens with one attached hydrogen (secondary N) is 1. The van der Waals surface area contributed by atoms with Gasteiger partial charge in [-0.3, -0.25) is 4.98 Å². The third-order valence-corrected chi connectivity index (χ3v) is 4.61. The normalized spacial score (nSPS) is 13.9. The van der Waals surface area contributed by atoms with Gasteiger partial charge in [-0.2, -0.15) is 0 Å². The highest BCUT2D eigenvalue weighted by atomic mass is 15.1. The SMILES string of the molecule is CCCCCCCC(C(C)Cc1ccccc1)[n+]1cc[nH]c1. The molecule has 0 saturated heterocycles. The second kappa shape index (κ2) is 9.45. The van der Waals surface area contributed by atoms with Crippen LogP contribution in [0.3, 0.4) is 0 Å². The summed E-state index contributed by atoms with van der Waals surface area (Å²) in [5, 5.41) is 0. The van der Waals surface area contributed by atoms with Crippen molar-refractivity contribution in [3.8, 4) is 0 Å². The van der Waals surface area contributed by atoms with Crippen LogP contribution in [0.5, 0.6) is 0 Å². The van der Waals surface area contributed by atoms with E-state index in [0.717, 1.165) is 6.42 Å². The van der Waals surface area contributed by atoms with Crippen LogP contribution in [0.2, 0.25) is 0 Å². The molecule has 22 heavy (non-hydrogen) atoms. The number of benzene rings is 1. The van der Waals surface area contributed by atoms with Gasteiger partial charge >= 0.3 is 0 Å². The fraction of sp³-hybridized carbons (Fsp3) is 0.550. The molecule has 1 aromatic heterocycles.